The van der Waals surface area contributed by atoms with E-state index in [1.807, 2.05) is 0 Å². The van der Waals surface area contributed by atoms with Gasteiger partial charge < -0.3 is 10.4 Å². The number of benzene rings is 1. The Morgan fingerprint density at radius 2 is 2.05 bits per heavy atom. The summed E-state index contributed by atoms with van der Waals surface area (Å²) in [6.07, 6.45) is 1.64. The van der Waals surface area contributed by atoms with Crippen LogP contribution >= 0.6 is 0 Å². The number of amides is 1. The number of carbonyl (C=O) groups is 2. The number of hydrogen-bond acceptors (Lipinski definition) is 5. The van der Waals surface area contributed by atoms with Crippen LogP contribution in [0.4, 0.5) is 0 Å². The summed E-state index contributed by atoms with van der Waals surface area (Å²) in [5, 5.41) is 12.2. The molecule has 1 aromatic rings. The minimum atomic E-state index is -0.288. The monoisotopic (exact) mass is 287 g/mol. The Morgan fingerprint density at radius 1 is 1.38 bits per heavy atom. The second kappa shape index (κ2) is 6.32. The van der Waals surface area contributed by atoms with Gasteiger partial charge in [-0.25, -0.2) is 4.99 Å². The molecule has 1 amide bonds. The molecule has 0 fully saturated rings. The zero-order valence-electron chi connectivity index (χ0n) is 12.0. The second-order valence-corrected chi connectivity index (χ2v) is 4.77. The zero-order valence-corrected chi connectivity index (χ0v) is 12.0. The Hall–Kier alpha value is -2.47. The zero-order chi connectivity index (χ0) is 15.4. The van der Waals surface area contributed by atoms with Crippen LogP contribution in [-0.2, 0) is 9.59 Å². The van der Waals surface area contributed by atoms with Crippen LogP contribution < -0.4 is 5.32 Å². The highest BCUT2D eigenvalue weighted by atomic mass is 16.3. The molecule has 0 atom stereocenters. The van der Waals surface area contributed by atoms with Crippen molar-refractivity contribution in [3.8, 4) is 5.75 Å². The number of likely N-dealkylation sites (N-methyl/N-ethyl adjacent to an activating group) is 1. The van der Waals surface area contributed by atoms with Gasteiger partial charge in [-0.15, -0.1) is 0 Å². The molecule has 2 rings (SSSR count). The summed E-state index contributed by atoms with van der Waals surface area (Å²) in [6, 6.07) is 6.46. The molecule has 6 heteroatoms. The molecule has 2 N–H and O–H groups in total. The van der Waals surface area contributed by atoms with Crippen molar-refractivity contribution < 1.29 is 14.7 Å². The van der Waals surface area contributed by atoms with E-state index in [4.69, 9.17) is 0 Å². The van der Waals surface area contributed by atoms with E-state index in [9.17, 15) is 14.7 Å². The van der Waals surface area contributed by atoms with Crippen LogP contribution in [0.5, 0.6) is 5.75 Å². The number of rotatable bonds is 5. The number of phenols is 1. The van der Waals surface area contributed by atoms with Crippen LogP contribution in [0.3, 0.4) is 0 Å². The SMILES string of the molecule is CNCC1=NC(=Cc2ccc(O)cc2)C(=O)N1CC(C)=O. The Kier molecular flexibility index (Phi) is 4.49. The highest BCUT2D eigenvalue weighted by molar-refractivity contribution is 6.16. The molecule has 0 unspecified atom stereocenters. The number of aromatic hydroxyl groups is 1. The van der Waals surface area contributed by atoms with Gasteiger partial charge in [0.2, 0.25) is 0 Å². The molecular weight excluding hydrogens is 270 g/mol. The number of carbonyl (C=O) groups excluding carboxylic acids is 2. The summed E-state index contributed by atoms with van der Waals surface area (Å²) in [5.41, 5.74) is 1.04. The number of phenolic OH excluding ortho intramolecular Hbond substituents is 1. The molecule has 1 aromatic carbocycles. The number of aliphatic imine (C=N–C) groups is 1. The average molecular weight is 287 g/mol. The lowest BCUT2D eigenvalue weighted by Crippen LogP contribution is -2.40. The van der Waals surface area contributed by atoms with E-state index >= 15 is 0 Å². The van der Waals surface area contributed by atoms with Gasteiger partial charge in [0, 0.05) is 0 Å². The first-order valence-corrected chi connectivity index (χ1v) is 6.55. The topological polar surface area (TPSA) is 82.0 Å². The number of nitrogens with one attached hydrogen (secondary N) is 1. The van der Waals surface area contributed by atoms with Crippen molar-refractivity contribution in [3.05, 3.63) is 35.5 Å². The van der Waals surface area contributed by atoms with Crippen molar-refractivity contribution in [3.63, 3.8) is 0 Å². The van der Waals surface area contributed by atoms with Gasteiger partial charge in [-0.2, -0.15) is 0 Å². The van der Waals surface area contributed by atoms with E-state index in [-0.39, 0.29) is 29.7 Å². The summed E-state index contributed by atoms with van der Waals surface area (Å²) >= 11 is 0. The fourth-order valence-corrected chi connectivity index (χ4v) is 2.00. The smallest absolute Gasteiger partial charge is 0.278 e. The van der Waals surface area contributed by atoms with Gasteiger partial charge >= 0.3 is 0 Å². The molecule has 1 aliphatic rings. The molecule has 0 saturated heterocycles. The third-order valence-corrected chi connectivity index (χ3v) is 2.94. The lowest BCUT2D eigenvalue weighted by Gasteiger charge is -2.15. The largest absolute Gasteiger partial charge is 0.508 e. The first kappa shape index (κ1) is 14.9. The quantitative estimate of drug-likeness (QED) is 0.784. The highest BCUT2D eigenvalue weighted by Gasteiger charge is 2.30. The second-order valence-electron chi connectivity index (χ2n) is 4.77. The maximum atomic E-state index is 12.3. The number of nitrogens with zero attached hydrogens (tertiary/aromatic N) is 2. The number of ketones is 1. The van der Waals surface area contributed by atoms with Crippen molar-refractivity contribution in [2.45, 2.75) is 6.92 Å². The van der Waals surface area contributed by atoms with Crippen LogP contribution in [0.2, 0.25) is 0 Å². The minimum Gasteiger partial charge on any atom is -0.508 e. The molecule has 1 aliphatic heterocycles. The summed E-state index contributed by atoms with van der Waals surface area (Å²) in [7, 11) is 1.75. The minimum absolute atomic E-state index is 0.0201. The van der Waals surface area contributed by atoms with E-state index in [0.717, 1.165) is 5.56 Å². The average Bonchev–Trinajstić information content (AvgIpc) is 2.70. The van der Waals surface area contributed by atoms with E-state index in [0.29, 0.717) is 12.4 Å². The Labute approximate surface area is 122 Å². The molecule has 0 bridgehead atoms. The van der Waals surface area contributed by atoms with E-state index < -0.39 is 0 Å². The lowest BCUT2D eigenvalue weighted by atomic mass is 10.2. The summed E-state index contributed by atoms with van der Waals surface area (Å²) in [5.74, 6) is 0.303. The fraction of sp³-hybridized carbons (Fsp3) is 0.267. The van der Waals surface area contributed by atoms with Crippen molar-refractivity contribution in [2.75, 3.05) is 20.1 Å². The molecule has 0 aliphatic carbocycles. The molecule has 0 aromatic heterocycles. The van der Waals surface area contributed by atoms with E-state index in [1.54, 1.807) is 25.3 Å². The number of hydrogen-bond donors (Lipinski definition) is 2. The van der Waals surface area contributed by atoms with Crippen LogP contribution in [0.15, 0.2) is 35.0 Å². The predicted molar refractivity (Wildman–Crippen MR) is 79.8 cm³/mol. The van der Waals surface area contributed by atoms with Crippen molar-refractivity contribution in [2.24, 2.45) is 4.99 Å². The fourth-order valence-electron chi connectivity index (χ4n) is 2.00. The van der Waals surface area contributed by atoms with E-state index in [2.05, 4.69) is 10.3 Å². The van der Waals surface area contributed by atoms with Gasteiger partial charge in [0.05, 0.1) is 13.1 Å². The van der Waals surface area contributed by atoms with Crippen molar-refractivity contribution in [1.82, 2.24) is 10.2 Å². The molecule has 6 nitrogen and oxygen atoms in total. The summed E-state index contributed by atoms with van der Waals surface area (Å²) < 4.78 is 0. The highest BCUT2D eigenvalue weighted by Crippen LogP contribution is 2.19. The molecule has 21 heavy (non-hydrogen) atoms. The van der Waals surface area contributed by atoms with Gasteiger partial charge in [0.1, 0.15) is 23.1 Å². The molecule has 0 spiro atoms. The molecule has 0 saturated carbocycles. The third kappa shape index (κ3) is 3.55. The van der Waals surface area contributed by atoms with E-state index in [1.165, 1.54) is 24.0 Å². The van der Waals surface area contributed by atoms with Gasteiger partial charge in [-0.3, -0.25) is 14.5 Å². The maximum absolute atomic E-state index is 12.3. The van der Waals surface area contributed by atoms with Crippen molar-refractivity contribution >= 4 is 23.6 Å². The van der Waals surface area contributed by atoms with Crippen LogP contribution in [0.1, 0.15) is 12.5 Å². The maximum Gasteiger partial charge on any atom is 0.278 e. The Morgan fingerprint density at radius 3 is 2.62 bits per heavy atom. The van der Waals surface area contributed by atoms with Crippen LogP contribution in [-0.4, -0.2) is 47.7 Å². The first-order chi connectivity index (χ1) is 10.0. The first-order valence-electron chi connectivity index (χ1n) is 6.55. The molecular formula is C15H17N3O3. The van der Waals surface area contributed by atoms with Gasteiger partial charge in [-0.1, -0.05) is 12.1 Å². The Balaban J connectivity index is 2.29. The summed E-state index contributed by atoms with van der Waals surface area (Å²) in [6.45, 7) is 1.87. The number of Topliss-reactive ketones (excluding diaryl/α,β-unsaturated/α-hetero) is 1. The van der Waals surface area contributed by atoms with Crippen molar-refractivity contribution in [1.29, 1.82) is 0 Å². The van der Waals surface area contributed by atoms with Crippen LogP contribution in [0.25, 0.3) is 6.08 Å². The number of amidine groups is 1. The predicted octanol–water partition coefficient (Wildman–Crippen LogP) is 0.782. The normalized spacial score (nSPS) is 16.5. The Bertz CT molecular complexity index is 618. The van der Waals surface area contributed by atoms with Crippen LogP contribution in [0, 0.1) is 0 Å². The summed E-state index contributed by atoms with van der Waals surface area (Å²) in [4.78, 5) is 29.3. The molecule has 110 valence electrons. The standard InChI is InChI=1S/C15H17N3O3/c1-10(19)9-18-14(8-16-2)17-13(15(18)21)7-11-3-5-12(20)6-4-11/h3-7,16,20H,8-9H2,1-2H3. The van der Waals surface area contributed by atoms with Gasteiger partial charge in [0.15, 0.2) is 0 Å². The molecule has 1 heterocycles. The lowest BCUT2D eigenvalue weighted by molar-refractivity contribution is -0.127. The van der Waals surface area contributed by atoms with Gasteiger partial charge in [0.25, 0.3) is 5.91 Å². The molecule has 0 radical (unpaired) electrons. The van der Waals surface area contributed by atoms with Gasteiger partial charge in [-0.05, 0) is 37.7 Å². The third-order valence-electron chi connectivity index (χ3n) is 2.94.